The van der Waals surface area contributed by atoms with Crippen molar-refractivity contribution in [3.63, 3.8) is 0 Å². The van der Waals surface area contributed by atoms with Gasteiger partial charge in [-0.2, -0.15) is 0 Å². The summed E-state index contributed by atoms with van der Waals surface area (Å²) in [4.78, 5) is 17.8. The molecule has 0 aliphatic carbocycles. The lowest BCUT2D eigenvalue weighted by Crippen LogP contribution is -2.43. The number of fused-ring (bicyclic) bond motifs is 3. The minimum Gasteiger partial charge on any atom is -0.346 e. The maximum atomic E-state index is 12.4. The number of carbonyl (C=O) groups excluding carboxylic acids is 1. The smallest absolute Gasteiger partial charge is 0.270 e. The van der Waals surface area contributed by atoms with E-state index in [0.717, 1.165) is 27.8 Å². The van der Waals surface area contributed by atoms with Gasteiger partial charge in [0, 0.05) is 39.3 Å². The van der Waals surface area contributed by atoms with Gasteiger partial charge in [0.25, 0.3) is 5.91 Å². The Labute approximate surface area is 127 Å². The van der Waals surface area contributed by atoms with Crippen LogP contribution in [0.15, 0.2) is 24.9 Å². The average Bonchev–Trinajstić information content (AvgIpc) is 3.20. The number of rotatable bonds is 3. The third kappa shape index (κ3) is 2.26. The summed E-state index contributed by atoms with van der Waals surface area (Å²) in [5, 5.41) is 7.73. The van der Waals surface area contributed by atoms with Gasteiger partial charge in [-0.15, -0.1) is 11.3 Å². The molecule has 2 bridgehead atoms. The van der Waals surface area contributed by atoms with Crippen molar-refractivity contribution < 1.29 is 4.79 Å². The summed E-state index contributed by atoms with van der Waals surface area (Å²) < 4.78 is 1.08. The lowest BCUT2D eigenvalue weighted by atomic mass is 9.95. The van der Waals surface area contributed by atoms with Crippen molar-refractivity contribution >= 4 is 33.4 Å². The summed E-state index contributed by atoms with van der Waals surface area (Å²) >= 11 is 1.63. The van der Waals surface area contributed by atoms with Gasteiger partial charge in [-0.25, -0.2) is 0 Å². The van der Waals surface area contributed by atoms with Crippen LogP contribution in [-0.4, -0.2) is 29.0 Å². The molecule has 2 fully saturated rings. The van der Waals surface area contributed by atoms with E-state index in [9.17, 15) is 4.79 Å². The molecule has 2 aromatic rings. The highest BCUT2D eigenvalue weighted by molar-refractivity contribution is 7.19. The van der Waals surface area contributed by atoms with E-state index in [0.29, 0.717) is 17.8 Å². The van der Waals surface area contributed by atoms with E-state index in [4.69, 9.17) is 0 Å². The molecule has 2 aliphatic heterocycles. The minimum atomic E-state index is -0.0650. The van der Waals surface area contributed by atoms with E-state index in [-0.39, 0.29) is 11.9 Å². The maximum Gasteiger partial charge on any atom is 0.270 e. The van der Waals surface area contributed by atoms with Crippen LogP contribution in [0.25, 0.3) is 16.2 Å². The maximum absolute atomic E-state index is 12.4. The van der Waals surface area contributed by atoms with Gasteiger partial charge in [0.05, 0.1) is 0 Å². The van der Waals surface area contributed by atoms with Crippen LogP contribution in [0.5, 0.6) is 0 Å². The lowest BCUT2D eigenvalue weighted by molar-refractivity contribution is 0.0926. The number of carbonyl (C=O) groups is 1. The Hall–Kier alpha value is -1.72. The number of hydrogen-bond acceptors (Lipinski definition) is 4. The van der Waals surface area contributed by atoms with E-state index in [1.165, 1.54) is 6.42 Å². The van der Waals surface area contributed by atoms with Crippen LogP contribution < -0.4 is 10.6 Å². The van der Waals surface area contributed by atoms with Crippen molar-refractivity contribution in [2.45, 2.75) is 37.4 Å². The molecule has 2 N–H and O–H groups in total. The monoisotopic (exact) mass is 299 g/mol. The van der Waals surface area contributed by atoms with Crippen molar-refractivity contribution in [1.82, 2.24) is 15.6 Å². The van der Waals surface area contributed by atoms with Crippen molar-refractivity contribution in [3.05, 3.63) is 35.5 Å². The number of nitrogens with one attached hydrogen (secondary N) is 2. The number of amides is 1. The highest BCUT2D eigenvalue weighted by Gasteiger charge is 2.39. The Morgan fingerprint density at radius 3 is 3.10 bits per heavy atom. The van der Waals surface area contributed by atoms with Crippen molar-refractivity contribution in [1.29, 1.82) is 0 Å². The molecule has 0 saturated carbocycles. The topological polar surface area (TPSA) is 54.0 Å². The first-order valence-corrected chi connectivity index (χ1v) is 8.13. The summed E-state index contributed by atoms with van der Waals surface area (Å²) in [6.07, 6.45) is 7.03. The van der Waals surface area contributed by atoms with Gasteiger partial charge in [-0.05, 0) is 31.4 Å². The third-order valence-corrected chi connectivity index (χ3v) is 5.56. The van der Waals surface area contributed by atoms with E-state index in [1.54, 1.807) is 17.5 Å². The normalized spacial score (nSPS) is 27.1. The first-order valence-electron chi connectivity index (χ1n) is 7.32. The van der Waals surface area contributed by atoms with Crippen LogP contribution in [0.3, 0.4) is 0 Å². The second kappa shape index (κ2) is 4.93. The fraction of sp³-hybridized carbons (Fsp3) is 0.375. The molecule has 1 amide bonds. The highest BCUT2D eigenvalue weighted by atomic mass is 32.1. The minimum absolute atomic E-state index is 0.0650. The zero-order valence-corrected chi connectivity index (χ0v) is 12.5. The fourth-order valence-electron chi connectivity index (χ4n) is 3.40. The molecule has 3 atom stereocenters. The molecular weight excluding hydrogens is 282 g/mol. The van der Waals surface area contributed by atoms with Crippen molar-refractivity contribution in [2.24, 2.45) is 0 Å². The third-order valence-electron chi connectivity index (χ3n) is 4.47. The van der Waals surface area contributed by atoms with E-state index < -0.39 is 0 Å². The average molecular weight is 299 g/mol. The summed E-state index contributed by atoms with van der Waals surface area (Å²) in [6.45, 7) is 3.78. The second-order valence-electron chi connectivity index (χ2n) is 5.82. The molecule has 0 radical (unpaired) electrons. The van der Waals surface area contributed by atoms with Gasteiger partial charge in [-0.3, -0.25) is 9.78 Å². The van der Waals surface area contributed by atoms with Crippen LogP contribution in [0, 0.1) is 0 Å². The fourth-order valence-corrected chi connectivity index (χ4v) is 4.33. The van der Waals surface area contributed by atoms with Gasteiger partial charge >= 0.3 is 0 Å². The number of aromatic nitrogens is 1. The SMILES string of the molecule is C=Cc1cc2cnc(C(=O)N[C@@H]3C[C@H]4CC[C@@H]3N4)cc2s1. The number of thiophene rings is 1. The number of pyridine rings is 1. The standard InChI is InChI=1S/C16H17N3OS/c1-2-11-5-9-8-17-14(7-15(9)21-11)16(20)19-13-6-10-3-4-12(13)18-10/h2,5,7-8,10,12-13,18H,1,3-4,6H2,(H,19,20)/t10-,12+,13-/m1/s1. The molecule has 0 spiro atoms. The zero-order valence-electron chi connectivity index (χ0n) is 11.6. The first kappa shape index (κ1) is 13.0. The van der Waals surface area contributed by atoms with Crippen molar-refractivity contribution in [2.75, 3.05) is 0 Å². The second-order valence-corrected chi connectivity index (χ2v) is 6.94. The van der Waals surface area contributed by atoms with Gasteiger partial charge in [0.2, 0.25) is 0 Å². The Morgan fingerprint density at radius 2 is 2.38 bits per heavy atom. The Bertz CT molecular complexity index is 723. The largest absolute Gasteiger partial charge is 0.346 e. The molecule has 4 heterocycles. The summed E-state index contributed by atoms with van der Waals surface area (Å²) in [5.41, 5.74) is 0.503. The molecule has 2 aliphatic rings. The molecule has 21 heavy (non-hydrogen) atoms. The van der Waals surface area contributed by atoms with Gasteiger partial charge in [0.1, 0.15) is 5.69 Å². The van der Waals surface area contributed by atoms with Crippen LogP contribution in [0.4, 0.5) is 0 Å². The lowest BCUT2D eigenvalue weighted by Gasteiger charge is -2.21. The summed E-state index contributed by atoms with van der Waals surface area (Å²) in [5.74, 6) is -0.0650. The molecule has 0 aromatic carbocycles. The molecule has 4 nitrogen and oxygen atoms in total. The number of nitrogens with zero attached hydrogens (tertiary/aromatic N) is 1. The van der Waals surface area contributed by atoms with Crippen LogP contribution >= 0.6 is 11.3 Å². The molecule has 2 aromatic heterocycles. The predicted octanol–water partition coefficient (Wildman–Crippen LogP) is 2.56. The van der Waals surface area contributed by atoms with Gasteiger partial charge in [0.15, 0.2) is 0 Å². The van der Waals surface area contributed by atoms with Crippen LogP contribution in [0.2, 0.25) is 0 Å². The van der Waals surface area contributed by atoms with Gasteiger partial charge < -0.3 is 10.6 Å². The molecule has 108 valence electrons. The molecule has 5 heteroatoms. The Balaban J connectivity index is 1.54. The van der Waals surface area contributed by atoms with E-state index >= 15 is 0 Å². The van der Waals surface area contributed by atoms with E-state index in [1.807, 2.05) is 18.2 Å². The zero-order chi connectivity index (χ0) is 14.4. The van der Waals surface area contributed by atoms with Gasteiger partial charge in [-0.1, -0.05) is 12.7 Å². The summed E-state index contributed by atoms with van der Waals surface area (Å²) in [7, 11) is 0. The molecule has 4 rings (SSSR count). The van der Waals surface area contributed by atoms with Crippen LogP contribution in [-0.2, 0) is 0 Å². The quantitative estimate of drug-likeness (QED) is 0.916. The van der Waals surface area contributed by atoms with E-state index in [2.05, 4.69) is 22.2 Å². The number of hydrogen-bond donors (Lipinski definition) is 2. The Morgan fingerprint density at radius 1 is 1.48 bits per heavy atom. The highest BCUT2D eigenvalue weighted by Crippen LogP contribution is 2.29. The molecular formula is C16H17N3OS. The first-order chi connectivity index (χ1) is 10.2. The molecule has 2 saturated heterocycles. The van der Waals surface area contributed by atoms with Crippen molar-refractivity contribution in [3.8, 4) is 0 Å². The summed E-state index contributed by atoms with van der Waals surface area (Å²) in [6, 6.07) is 5.20. The van der Waals surface area contributed by atoms with Crippen LogP contribution in [0.1, 0.15) is 34.6 Å². The predicted molar refractivity (Wildman–Crippen MR) is 85.5 cm³/mol. The molecule has 0 unspecified atom stereocenters. The Kier molecular flexibility index (Phi) is 3.05.